The highest BCUT2D eigenvalue weighted by Crippen LogP contribution is 2.26. The first-order chi connectivity index (χ1) is 15.5. The van der Waals surface area contributed by atoms with Gasteiger partial charge in [0.2, 0.25) is 0 Å². The molecule has 2 heterocycles. The zero-order valence-corrected chi connectivity index (χ0v) is 17.6. The minimum Gasteiger partial charge on any atom is -0.373 e. The summed E-state index contributed by atoms with van der Waals surface area (Å²) < 4.78 is 16.1. The number of carbonyl (C=O) groups is 1. The zero-order valence-electron chi connectivity index (χ0n) is 17.6. The van der Waals surface area contributed by atoms with Crippen molar-refractivity contribution in [2.24, 2.45) is 0 Å². The molecule has 2 amide bonds. The molecule has 32 heavy (non-hydrogen) atoms. The molecule has 0 fully saturated rings. The van der Waals surface area contributed by atoms with Crippen LogP contribution in [0.1, 0.15) is 6.92 Å². The number of nitrogens with zero attached hydrogens (tertiary/aromatic N) is 2. The molecule has 0 bridgehead atoms. The van der Waals surface area contributed by atoms with Gasteiger partial charge in [0.05, 0.1) is 11.2 Å². The third-order valence-electron chi connectivity index (χ3n) is 5.11. The summed E-state index contributed by atoms with van der Waals surface area (Å²) in [4.78, 5) is 29.8. The van der Waals surface area contributed by atoms with Crippen molar-refractivity contribution in [3.8, 4) is 11.1 Å². The van der Waals surface area contributed by atoms with Crippen LogP contribution in [0.25, 0.3) is 22.0 Å². The van der Waals surface area contributed by atoms with Gasteiger partial charge in [-0.05, 0) is 42.8 Å². The molecule has 0 unspecified atom stereocenters. The van der Waals surface area contributed by atoms with Gasteiger partial charge in [0, 0.05) is 42.5 Å². The van der Waals surface area contributed by atoms with Crippen molar-refractivity contribution in [1.82, 2.24) is 9.55 Å². The van der Waals surface area contributed by atoms with Crippen LogP contribution in [0.4, 0.5) is 26.4 Å². The van der Waals surface area contributed by atoms with Gasteiger partial charge in [0.25, 0.3) is 5.56 Å². The summed E-state index contributed by atoms with van der Waals surface area (Å²) in [6.07, 6.45) is 1.69. The number of fused-ring (bicyclic) bond motifs is 1. The molecule has 0 atom stereocenters. The molecule has 2 aromatic heterocycles. The second-order valence-electron chi connectivity index (χ2n) is 7.13. The summed E-state index contributed by atoms with van der Waals surface area (Å²) >= 11 is 0. The molecule has 0 saturated heterocycles. The molecule has 0 saturated carbocycles. The smallest absolute Gasteiger partial charge is 0.323 e. The quantitative estimate of drug-likeness (QED) is 0.419. The van der Waals surface area contributed by atoms with Gasteiger partial charge in [-0.15, -0.1) is 0 Å². The van der Waals surface area contributed by atoms with Crippen molar-refractivity contribution in [1.29, 1.82) is 0 Å². The highest BCUT2D eigenvalue weighted by atomic mass is 19.1. The second kappa shape index (κ2) is 8.89. The number of halogens is 1. The molecule has 0 spiro atoms. The number of carbonyl (C=O) groups excluding carboxylic acids is 1. The number of aryl methyl sites for hydroxylation is 1. The Morgan fingerprint density at radius 1 is 1.06 bits per heavy atom. The fourth-order valence-corrected chi connectivity index (χ4v) is 3.52. The fourth-order valence-electron chi connectivity index (χ4n) is 3.52. The topological polar surface area (TPSA) is 88.1 Å². The van der Waals surface area contributed by atoms with E-state index in [1.165, 1.54) is 18.2 Å². The number of rotatable bonds is 5. The van der Waals surface area contributed by atoms with E-state index in [0.717, 1.165) is 10.9 Å². The second-order valence-corrected chi connectivity index (χ2v) is 7.13. The SMILES string of the molecule is CCn1c(=O)c(-c2ccc(F)c(NC(=O)Nc3ccccc3)c2)cc2cnc(NC)cc21. The molecule has 0 aliphatic rings. The minimum atomic E-state index is -0.603. The summed E-state index contributed by atoms with van der Waals surface area (Å²) in [5.74, 6) is 0.0541. The Balaban J connectivity index is 1.72. The fraction of sp³-hybridized carbons (Fsp3) is 0.125. The Morgan fingerprint density at radius 2 is 1.84 bits per heavy atom. The molecular weight excluding hydrogens is 409 g/mol. The van der Waals surface area contributed by atoms with E-state index in [-0.39, 0.29) is 11.2 Å². The molecule has 4 aromatic rings. The molecule has 8 heteroatoms. The van der Waals surface area contributed by atoms with Crippen LogP contribution in [0.2, 0.25) is 0 Å². The van der Waals surface area contributed by atoms with Gasteiger partial charge in [-0.25, -0.2) is 14.2 Å². The van der Waals surface area contributed by atoms with Crippen LogP contribution in [-0.4, -0.2) is 22.6 Å². The van der Waals surface area contributed by atoms with Gasteiger partial charge in [0.15, 0.2) is 0 Å². The average molecular weight is 431 g/mol. The summed E-state index contributed by atoms with van der Waals surface area (Å²) in [5.41, 5.74) is 1.98. The van der Waals surface area contributed by atoms with Crippen LogP contribution in [0.5, 0.6) is 0 Å². The number of urea groups is 1. The molecule has 0 aliphatic carbocycles. The molecule has 0 radical (unpaired) electrons. The monoisotopic (exact) mass is 431 g/mol. The minimum absolute atomic E-state index is 0.0258. The lowest BCUT2D eigenvalue weighted by atomic mass is 10.0. The molecule has 162 valence electrons. The van der Waals surface area contributed by atoms with E-state index in [2.05, 4.69) is 20.9 Å². The van der Waals surface area contributed by atoms with Crippen molar-refractivity contribution in [3.63, 3.8) is 0 Å². The molecule has 7 nitrogen and oxygen atoms in total. The molecule has 0 aliphatic heterocycles. The zero-order chi connectivity index (χ0) is 22.7. The lowest BCUT2D eigenvalue weighted by Crippen LogP contribution is -2.22. The molecule has 2 aromatic carbocycles. The van der Waals surface area contributed by atoms with Crippen molar-refractivity contribution in [2.75, 3.05) is 23.0 Å². The normalized spacial score (nSPS) is 10.7. The van der Waals surface area contributed by atoms with Gasteiger partial charge >= 0.3 is 6.03 Å². The van der Waals surface area contributed by atoms with E-state index in [1.807, 2.05) is 19.1 Å². The number of pyridine rings is 2. The maximum atomic E-state index is 14.4. The van der Waals surface area contributed by atoms with Gasteiger partial charge in [0.1, 0.15) is 11.6 Å². The van der Waals surface area contributed by atoms with Gasteiger partial charge in [-0.2, -0.15) is 0 Å². The molecule has 3 N–H and O–H groups in total. The highest BCUT2D eigenvalue weighted by Gasteiger charge is 2.14. The van der Waals surface area contributed by atoms with Crippen LogP contribution >= 0.6 is 0 Å². The molecule has 4 rings (SSSR count). The summed E-state index contributed by atoms with van der Waals surface area (Å²) in [5, 5.41) is 8.91. The Morgan fingerprint density at radius 3 is 2.56 bits per heavy atom. The third kappa shape index (κ3) is 4.15. The Labute approximate surface area is 183 Å². The van der Waals surface area contributed by atoms with E-state index < -0.39 is 11.8 Å². The first kappa shape index (κ1) is 21.0. The largest absolute Gasteiger partial charge is 0.373 e. The maximum Gasteiger partial charge on any atom is 0.323 e. The van der Waals surface area contributed by atoms with Crippen LogP contribution in [0, 0.1) is 5.82 Å². The van der Waals surface area contributed by atoms with Gasteiger partial charge in [-0.3, -0.25) is 4.79 Å². The molecular formula is C24H22FN5O2. The first-order valence-corrected chi connectivity index (χ1v) is 10.1. The van der Waals surface area contributed by atoms with Gasteiger partial charge in [-0.1, -0.05) is 24.3 Å². The number of benzene rings is 2. The van der Waals surface area contributed by atoms with Crippen LogP contribution in [0.3, 0.4) is 0 Å². The lowest BCUT2D eigenvalue weighted by molar-refractivity contribution is 0.262. The number of amides is 2. The Bertz CT molecular complexity index is 1350. The number of para-hydroxylation sites is 1. The van der Waals surface area contributed by atoms with E-state index in [1.54, 1.807) is 48.1 Å². The number of aromatic nitrogens is 2. The number of anilines is 3. The standard InChI is InChI=1S/C24H22FN5O2/c1-3-30-21-13-22(26-2)27-14-16(21)11-18(23(30)31)15-9-10-19(25)20(12-15)29-24(32)28-17-7-5-4-6-8-17/h4-14H,3H2,1-2H3,(H,26,27)(H2,28,29,32). The van der Waals surface area contributed by atoms with Gasteiger partial charge < -0.3 is 20.5 Å². The predicted molar refractivity (Wildman–Crippen MR) is 126 cm³/mol. The van der Waals surface area contributed by atoms with Crippen molar-refractivity contribution in [3.05, 3.63) is 83.0 Å². The summed E-state index contributed by atoms with van der Waals surface area (Å²) in [7, 11) is 1.76. The van der Waals surface area contributed by atoms with Crippen molar-refractivity contribution < 1.29 is 9.18 Å². The van der Waals surface area contributed by atoms with E-state index in [0.29, 0.717) is 29.2 Å². The number of nitrogens with one attached hydrogen (secondary N) is 3. The van der Waals surface area contributed by atoms with Crippen LogP contribution in [0.15, 0.2) is 71.7 Å². The Kier molecular flexibility index (Phi) is 5.85. The number of hydrogen-bond acceptors (Lipinski definition) is 4. The maximum absolute atomic E-state index is 14.4. The summed E-state index contributed by atoms with van der Waals surface area (Å²) in [6.45, 7) is 2.35. The van der Waals surface area contributed by atoms with Crippen molar-refractivity contribution >= 4 is 34.1 Å². The van der Waals surface area contributed by atoms with E-state index in [4.69, 9.17) is 0 Å². The lowest BCUT2D eigenvalue weighted by Gasteiger charge is -2.14. The summed E-state index contributed by atoms with van der Waals surface area (Å²) in [6, 6.07) is 16.0. The van der Waals surface area contributed by atoms with Crippen LogP contribution in [-0.2, 0) is 6.54 Å². The third-order valence-corrected chi connectivity index (χ3v) is 5.11. The first-order valence-electron chi connectivity index (χ1n) is 10.1. The van der Waals surface area contributed by atoms with Crippen LogP contribution < -0.4 is 21.5 Å². The van der Waals surface area contributed by atoms with E-state index >= 15 is 0 Å². The predicted octanol–water partition coefficient (Wildman–Crippen LogP) is 4.91. The average Bonchev–Trinajstić information content (AvgIpc) is 2.80. The highest BCUT2D eigenvalue weighted by molar-refractivity contribution is 6.00. The number of hydrogen-bond donors (Lipinski definition) is 3. The Hall–Kier alpha value is -4.20. The van der Waals surface area contributed by atoms with Crippen molar-refractivity contribution in [2.45, 2.75) is 13.5 Å². The van der Waals surface area contributed by atoms with E-state index in [9.17, 15) is 14.0 Å².